The molecule has 0 radical (unpaired) electrons. The number of pyridine rings is 1. The molecule has 0 atom stereocenters. The van der Waals surface area contributed by atoms with Gasteiger partial charge in [0.15, 0.2) is 0 Å². The minimum atomic E-state index is -0.584. The monoisotopic (exact) mass is 249 g/mol. The number of hydrogen-bond acceptors (Lipinski definition) is 4. The van der Waals surface area contributed by atoms with E-state index in [9.17, 15) is 5.11 Å². The summed E-state index contributed by atoms with van der Waals surface area (Å²) in [7, 11) is 0. The zero-order chi connectivity index (χ0) is 13.2. The van der Waals surface area contributed by atoms with Gasteiger partial charge in [0.1, 0.15) is 5.82 Å². The Labute approximate surface area is 109 Å². The van der Waals surface area contributed by atoms with E-state index in [0.29, 0.717) is 18.3 Å². The number of anilines is 1. The molecule has 1 saturated heterocycles. The summed E-state index contributed by atoms with van der Waals surface area (Å²) >= 11 is 0. The lowest BCUT2D eigenvalue weighted by Crippen LogP contribution is -2.47. The van der Waals surface area contributed by atoms with E-state index in [2.05, 4.69) is 23.7 Å². The molecule has 0 aromatic carbocycles. The average Bonchev–Trinajstić information content (AvgIpc) is 2.29. The maximum absolute atomic E-state index is 10.6. The fourth-order valence-corrected chi connectivity index (χ4v) is 2.62. The normalized spacial score (nSPS) is 20.2. The van der Waals surface area contributed by atoms with Crippen LogP contribution >= 0.6 is 0 Å². The maximum Gasteiger partial charge on any atom is 0.123 e. The summed E-state index contributed by atoms with van der Waals surface area (Å²) in [5.74, 6) is 0.524. The average molecular weight is 249 g/mol. The predicted molar refractivity (Wildman–Crippen MR) is 73.2 cm³/mol. The lowest BCUT2D eigenvalue weighted by molar-refractivity contribution is -0.0271. The standard InChI is InChI=1S/C14H23N3O/c1-11(2)17-7-4-14(18,5-8-17)10-12-3-6-16-13(15)9-12/h3,6,9,11,18H,4-5,7-8,10H2,1-2H3,(H2,15,16). The zero-order valence-electron chi connectivity index (χ0n) is 11.3. The SMILES string of the molecule is CC(C)N1CCC(O)(Cc2ccnc(N)c2)CC1. The Morgan fingerprint density at radius 1 is 1.44 bits per heavy atom. The molecular weight excluding hydrogens is 226 g/mol. The van der Waals surface area contributed by atoms with Crippen molar-refractivity contribution in [2.24, 2.45) is 0 Å². The van der Waals surface area contributed by atoms with Gasteiger partial charge in [-0.3, -0.25) is 0 Å². The van der Waals surface area contributed by atoms with Crippen molar-refractivity contribution in [3.8, 4) is 0 Å². The van der Waals surface area contributed by atoms with Crippen LogP contribution in [0.1, 0.15) is 32.3 Å². The molecule has 3 N–H and O–H groups in total. The first-order valence-electron chi connectivity index (χ1n) is 6.65. The molecule has 0 bridgehead atoms. The molecule has 0 amide bonds. The second kappa shape index (κ2) is 5.24. The Balaban J connectivity index is 1.97. The van der Waals surface area contributed by atoms with Gasteiger partial charge in [-0.2, -0.15) is 0 Å². The summed E-state index contributed by atoms with van der Waals surface area (Å²) < 4.78 is 0. The Kier molecular flexibility index (Phi) is 3.88. The highest BCUT2D eigenvalue weighted by Gasteiger charge is 2.33. The van der Waals surface area contributed by atoms with Gasteiger partial charge in [0.2, 0.25) is 0 Å². The van der Waals surface area contributed by atoms with Crippen LogP contribution in [0.3, 0.4) is 0 Å². The zero-order valence-corrected chi connectivity index (χ0v) is 11.3. The van der Waals surface area contributed by atoms with Crippen LogP contribution in [0.5, 0.6) is 0 Å². The van der Waals surface area contributed by atoms with E-state index < -0.39 is 5.60 Å². The molecule has 1 aromatic heterocycles. The lowest BCUT2D eigenvalue weighted by Gasteiger charge is -2.40. The van der Waals surface area contributed by atoms with E-state index in [1.807, 2.05) is 12.1 Å². The van der Waals surface area contributed by atoms with Gasteiger partial charge in [0, 0.05) is 31.7 Å². The minimum Gasteiger partial charge on any atom is -0.389 e. The van der Waals surface area contributed by atoms with Crippen molar-refractivity contribution < 1.29 is 5.11 Å². The Morgan fingerprint density at radius 2 is 2.11 bits per heavy atom. The topological polar surface area (TPSA) is 62.4 Å². The van der Waals surface area contributed by atoms with Gasteiger partial charge in [0.05, 0.1) is 5.60 Å². The number of piperidine rings is 1. The van der Waals surface area contributed by atoms with Crippen LogP contribution in [0, 0.1) is 0 Å². The van der Waals surface area contributed by atoms with Crippen LogP contribution < -0.4 is 5.73 Å². The molecule has 2 rings (SSSR count). The van der Waals surface area contributed by atoms with Crippen molar-refractivity contribution in [1.82, 2.24) is 9.88 Å². The summed E-state index contributed by atoms with van der Waals surface area (Å²) in [5.41, 5.74) is 6.16. The smallest absolute Gasteiger partial charge is 0.123 e. The van der Waals surface area contributed by atoms with E-state index >= 15 is 0 Å². The van der Waals surface area contributed by atoms with Crippen LogP contribution in [0.4, 0.5) is 5.82 Å². The van der Waals surface area contributed by atoms with Crippen LogP contribution in [-0.2, 0) is 6.42 Å². The molecular formula is C14H23N3O. The largest absolute Gasteiger partial charge is 0.389 e. The van der Waals surface area contributed by atoms with Crippen molar-refractivity contribution in [3.05, 3.63) is 23.9 Å². The van der Waals surface area contributed by atoms with Gasteiger partial charge >= 0.3 is 0 Å². The van der Waals surface area contributed by atoms with E-state index in [4.69, 9.17) is 5.73 Å². The number of aliphatic hydroxyl groups is 1. The van der Waals surface area contributed by atoms with E-state index in [-0.39, 0.29) is 0 Å². The van der Waals surface area contributed by atoms with Crippen LogP contribution in [0.15, 0.2) is 18.3 Å². The third-order valence-corrected chi connectivity index (χ3v) is 3.84. The van der Waals surface area contributed by atoms with Gasteiger partial charge in [-0.25, -0.2) is 4.98 Å². The van der Waals surface area contributed by atoms with E-state index in [1.54, 1.807) is 6.20 Å². The molecule has 2 heterocycles. The molecule has 0 aliphatic carbocycles. The number of nitrogen functional groups attached to an aromatic ring is 1. The number of nitrogens with zero attached hydrogens (tertiary/aromatic N) is 2. The summed E-state index contributed by atoms with van der Waals surface area (Å²) in [6, 6.07) is 4.35. The van der Waals surface area contributed by atoms with Crippen molar-refractivity contribution in [3.63, 3.8) is 0 Å². The molecule has 0 unspecified atom stereocenters. The third-order valence-electron chi connectivity index (χ3n) is 3.84. The fourth-order valence-electron chi connectivity index (χ4n) is 2.62. The molecule has 4 nitrogen and oxygen atoms in total. The van der Waals surface area contributed by atoms with E-state index in [0.717, 1.165) is 31.5 Å². The molecule has 100 valence electrons. The molecule has 1 aromatic rings. The minimum absolute atomic E-state index is 0.524. The van der Waals surface area contributed by atoms with Gasteiger partial charge in [-0.15, -0.1) is 0 Å². The summed E-state index contributed by atoms with van der Waals surface area (Å²) in [6.45, 7) is 6.34. The van der Waals surface area contributed by atoms with Crippen molar-refractivity contribution in [1.29, 1.82) is 0 Å². The van der Waals surface area contributed by atoms with Gasteiger partial charge in [-0.05, 0) is 44.4 Å². The molecule has 0 spiro atoms. The second-order valence-corrected chi connectivity index (χ2v) is 5.62. The molecule has 1 aliphatic rings. The van der Waals surface area contributed by atoms with Crippen LogP contribution in [0.25, 0.3) is 0 Å². The second-order valence-electron chi connectivity index (χ2n) is 5.62. The number of likely N-dealkylation sites (tertiary alicyclic amines) is 1. The van der Waals surface area contributed by atoms with Crippen LogP contribution in [-0.4, -0.2) is 39.7 Å². The molecule has 1 fully saturated rings. The fraction of sp³-hybridized carbons (Fsp3) is 0.643. The Hall–Kier alpha value is -1.13. The number of nitrogens with two attached hydrogens (primary N) is 1. The quantitative estimate of drug-likeness (QED) is 0.851. The number of rotatable bonds is 3. The third kappa shape index (κ3) is 3.21. The van der Waals surface area contributed by atoms with Crippen LogP contribution in [0.2, 0.25) is 0 Å². The first-order valence-corrected chi connectivity index (χ1v) is 6.65. The first-order chi connectivity index (χ1) is 8.48. The predicted octanol–water partition coefficient (Wildman–Crippen LogP) is 1.44. The summed E-state index contributed by atoms with van der Waals surface area (Å²) in [6.07, 6.45) is 4.03. The summed E-state index contributed by atoms with van der Waals surface area (Å²) in [4.78, 5) is 6.39. The van der Waals surface area contributed by atoms with Gasteiger partial charge < -0.3 is 15.7 Å². The van der Waals surface area contributed by atoms with Crippen molar-refractivity contribution in [2.45, 2.75) is 44.8 Å². The highest BCUT2D eigenvalue weighted by Crippen LogP contribution is 2.27. The van der Waals surface area contributed by atoms with Crippen molar-refractivity contribution in [2.75, 3.05) is 18.8 Å². The summed E-state index contributed by atoms with van der Waals surface area (Å²) in [5, 5.41) is 10.6. The molecule has 0 saturated carbocycles. The maximum atomic E-state index is 10.6. The number of aromatic nitrogens is 1. The lowest BCUT2D eigenvalue weighted by atomic mass is 9.85. The Morgan fingerprint density at radius 3 is 2.67 bits per heavy atom. The molecule has 18 heavy (non-hydrogen) atoms. The van der Waals surface area contributed by atoms with Gasteiger partial charge in [0.25, 0.3) is 0 Å². The molecule has 4 heteroatoms. The molecule has 1 aliphatic heterocycles. The van der Waals surface area contributed by atoms with Gasteiger partial charge in [-0.1, -0.05) is 0 Å². The highest BCUT2D eigenvalue weighted by atomic mass is 16.3. The van der Waals surface area contributed by atoms with Crippen molar-refractivity contribution >= 4 is 5.82 Å². The van der Waals surface area contributed by atoms with E-state index in [1.165, 1.54) is 0 Å². The number of hydrogen-bond donors (Lipinski definition) is 2. The highest BCUT2D eigenvalue weighted by molar-refractivity contribution is 5.32. The first kappa shape index (κ1) is 13.3. The Bertz CT molecular complexity index is 398.